The number of aromatic carboxylic acids is 1. The third-order valence-corrected chi connectivity index (χ3v) is 2.24. The van der Waals surface area contributed by atoms with Crippen molar-refractivity contribution < 1.29 is 9.90 Å². The van der Waals surface area contributed by atoms with Gasteiger partial charge in [-0.2, -0.15) is 0 Å². The van der Waals surface area contributed by atoms with Crippen LogP contribution in [-0.2, 0) is 6.54 Å². The van der Waals surface area contributed by atoms with Gasteiger partial charge in [-0.15, -0.1) is 0 Å². The number of rotatable bonds is 4. The van der Waals surface area contributed by atoms with Gasteiger partial charge in [0.1, 0.15) is 0 Å². The molecule has 0 saturated heterocycles. The highest BCUT2D eigenvalue weighted by atomic mass is 16.4. The van der Waals surface area contributed by atoms with E-state index in [9.17, 15) is 4.79 Å². The number of hydrogen-bond donors (Lipinski definition) is 2. The van der Waals surface area contributed by atoms with Gasteiger partial charge in [0.2, 0.25) is 0 Å². The molecular formula is C12H12N2O2. The van der Waals surface area contributed by atoms with E-state index in [4.69, 9.17) is 5.11 Å². The molecule has 0 bridgehead atoms. The van der Waals surface area contributed by atoms with E-state index in [-0.39, 0.29) is 0 Å². The molecule has 0 aliphatic heterocycles. The number of carboxylic acids is 1. The van der Waals surface area contributed by atoms with Gasteiger partial charge in [0.15, 0.2) is 0 Å². The third-order valence-electron chi connectivity index (χ3n) is 2.24. The molecular weight excluding hydrogens is 204 g/mol. The minimum Gasteiger partial charge on any atom is -0.478 e. The van der Waals surface area contributed by atoms with Crippen molar-refractivity contribution in [1.82, 2.24) is 4.68 Å². The molecule has 1 aromatic carbocycles. The fraction of sp³-hybridized carbons (Fsp3) is 0.0833. The Morgan fingerprint density at radius 2 is 2.00 bits per heavy atom. The summed E-state index contributed by atoms with van der Waals surface area (Å²) < 4.78 is 1.83. The first kappa shape index (κ1) is 10.3. The number of nitrogens with zero attached hydrogens (tertiary/aromatic N) is 1. The molecule has 0 atom stereocenters. The van der Waals surface area contributed by atoms with E-state index in [0.29, 0.717) is 12.1 Å². The lowest BCUT2D eigenvalue weighted by molar-refractivity contribution is 0.0697. The Morgan fingerprint density at radius 3 is 2.69 bits per heavy atom. The van der Waals surface area contributed by atoms with Crippen LogP contribution < -0.4 is 5.43 Å². The van der Waals surface area contributed by atoms with Crippen molar-refractivity contribution in [2.75, 3.05) is 5.43 Å². The second kappa shape index (κ2) is 4.53. The summed E-state index contributed by atoms with van der Waals surface area (Å²) in [5.41, 5.74) is 4.38. The monoisotopic (exact) mass is 216 g/mol. The summed E-state index contributed by atoms with van der Waals surface area (Å²) >= 11 is 0. The van der Waals surface area contributed by atoms with Crippen LogP contribution in [0.4, 0.5) is 0 Å². The molecule has 4 nitrogen and oxygen atoms in total. The molecule has 82 valence electrons. The van der Waals surface area contributed by atoms with Gasteiger partial charge in [-0.1, -0.05) is 12.1 Å². The van der Waals surface area contributed by atoms with E-state index >= 15 is 0 Å². The quantitative estimate of drug-likeness (QED) is 0.821. The average molecular weight is 216 g/mol. The maximum atomic E-state index is 10.8. The highest BCUT2D eigenvalue weighted by Crippen LogP contribution is 2.05. The van der Waals surface area contributed by atoms with Crippen molar-refractivity contribution in [2.45, 2.75) is 6.54 Å². The van der Waals surface area contributed by atoms with Crippen molar-refractivity contribution in [3.05, 3.63) is 59.9 Å². The summed E-state index contributed by atoms with van der Waals surface area (Å²) in [5, 5.41) is 8.84. The zero-order valence-electron chi connectivity index (χ0n) is 8.63. The van der Waals surface area contributed by atoms with Crippen molar-refractivity contribution in [3.8, 4) is 0 Å². The zero-order chi connectivity index (χ0) is 11.4. The van der Waals surface area contributed by atoms with Gasteiger partial charge in [-0.3, -0.25) is 4.68 Å². The number of hydrogen-bond acceptors (Lipinski definition) is 2. The second-order valence-corrected chi connectivity index (χ2v) is 3.43. The van der Waals surface area contributed by atoms with Crippen molar-refractivity contribution in [2.24, 2.45) is 0 Å². The van der Waals surface area contributed by atoms with Crippen LogP contribution in [0, 0.1) is 0 Å². The Kier molecular flexibility index (Phi) is 2.91. The lowest BCUT2D eigenvalue weighted by Gasteiger charge is -2.07. The van der Waals surface area contributed by atoms with Gasteiger partial charge >= 0.3 is 5.97 Å². The van der Waals surface area contributed by atoms with Gasteiger partial charge in [-0.25, -0.2) is 4.79 Å². The zero-order valence-corrected chi connectivity index (χ0v) is 8.63. The Labute approximate surface area is 93.1 Å². The van der Waals surface area contributed by atoms with Gasteiger partial charge in [0, 0.05) is 12.4 Å². The number of nitrogens with one attached hydrogen (secondary N) is 1. The first-order chi connectivity index (χ1) is 7.75. The van der Waals surface area contributed by atoms with E-state index in [1.165, 1.54) is 0 Å². The van der Waals surface area contributed by atoms with E-state index in [1.807, 2.05) is 35.3 Å². The van der Waals surface area contributed by atoms with Crippen LogP contribution >= 0.6 is 0 Å². The van der Waals surface area contributed by atoms with Gasteiger partial charge in [-0.05, 0) is 29.8 Å². The molecule has 0 fully saturated rings. The molecule has 0 spiro atoms. The van der Waals surface area contributed by atoms with Crippen molar-refractivity contribution in [3.63, 3.8) is 0 Å². The smallest absolute Gasteiger partial charge is 0.335 e. The normalized spacial score (nSPS) is 10.0. The average Bonchev–Trinajstić information content (AvgIpc) is 2.79. The molecule has 0 radical (unpaired) electrons. The highest BCUT2D eigenvalue weighted by Gasteiger charge is 2.02. The number of carboxylic acid groups (broad SMARTS) is 1. The Bertz CT molecular complexity index is 478. The molecule has 0 aliphatic carbocycles. The molecule has 0 unspecified atom stereocenters. The SMILES string of the molecule is O=C(O)c1cccc(CNn2cccc2)c1. The summed E-state index contributed by atoms with van der Waals surface area (Å²) in [6.45, 7) is 0.593. The maximum absolute atomic E-state index is 10.8. The predicted octanol–water partition coefficient (Wildman–Crippen LogP) is 1.93. The topological polar surface area (TPSA) is 54.3 Å². The van der Waals surface area contributed by atoms with Crippen LogP contribution in [-0.4, -0.2) is 15.8 Å². The molecule has 16 heavy (non-hydrogen) atoms. The fourth-order valence-electron chi connectivity index (χ4n) is 1.44. The van der Waals surface area contributed by atoms with E-state index in [0.717, 1.165) is 5.56 Å². The summed E-state index contributed by atoms with van der Waals surface area (Å²) in [7, 11) is 0. The molecule has 4 heteroatoms. The molecule has 1 aromatic heterocycles. The Morgan fingerprint density at radius 1 is 1.25 bits per heavy atom. The van der Waals surface area contributed by atoms with Crippen LogP contribution in [0.1, 0.15) is 15.9 Å². The van der Waals surface area contributed by atoms with Crippen LogP contribution in [0.5, 0.6) is 0 Å². The highest BCUT2D eigenvalue weighted by molar-refractivity contribution is 5.87. The Hall–Kier alpha value is -2.23. The minimum absolute atomic E-state index is 0.312. The standard InChI is InChI=1S/C12H12N2O2/c15-12(16)11-5-3-4-10(8-11)9-13-14-6-1-2-7-14/h1-8,13H,9H2,(H,15,16). The minimum atomic E-state index is -0.900. The van der Waals surface area contributed by atoms with Crippen molar-refractivity contribution in [1.29, 1.82) is 0 Å². The molecule has 0 saturated carbocycles. The van der Waals surface area contributed by atoms with Gasteiger partial charge in [0.25, 0.3) is 0 Å². The molecule has 2 rings (SSSR count). The molecule has 0 amide bonds. The van der Waals surface area contributed by atoms with Crippen LogP contribution in [0.3, 0.4) is 0 Å². The summed E-state index contributed by atoms with van der Waals surface area (Å²) in [6.07, 6.45) is 3.78. The van der Waals surface area contributed by atoms with Gasteiger partial charge < -0.3 is 10.5 Å². The Balaban J connectivity index is 2.04. The van der Waals surface area contributed by atoms with Crippen molar-refractivity contribution >= 4 is 5.97 Å². The van der Waals surface area contributed by atoms with E-state index in [2.05, 4.69) is 5.43 Å². The lowest BCUT2D eigenvalue weighted by atomic mass is 10.1. The fourth-order valence-corrected chi connectivity index (χ4v) is 1.44. The van der Waals surface area contributed by atoms with Crippen LogP contribution in [0.15, 0.2) is 48.8 Å². The summed E-state index contributed by atoms with van der Waals surface area (Å²) in [6, 6.07) is 10.7. The first-order valence-corrected chi connectivity index (χ1v) is 4.95. The van der Waals surface area contributed by atoms with E-state index in [1.54, 1.807) is 18.2 Å². The number of benzene rings is 1. The van der Waals surface area contributed by atoms with Crippen LogP contribution in [0.2, 0.25) is 0 Å². The molecule has 1 heterocycles. The second-order valence-electron chi connectivity index (χ2n) is 3.43. The predicted molar refractivity (Wildman–Crippen MR) is 60.9 cm³/mol. The largest absolute Gasteiger partial charge is 0.478 e. The summed E-state index contributed by atoms with van der Waals surface area (Å²) in [4.78, 5) is 10.8. The third kappa shape index (κ3) is 2.42. The van der Waals surface area contributed by atoms with Crippen LogP contribution in [0.25, 0.3) is 0 Å². The first-order valence-electron chi connectivity index (χ1n) is 4.95. The molecule has 2 N–H and O–H groups in total. The number of carbonyl (C=O) groups is 1. The summed E-state index contributed by atoms with van der Waals surface area (Å²) in [5.74, 6) is -0.900. The maximum Gasteiger partial charge on any atom is 0.335 e. The molecule has 0 aliphatic rings. The lowest BCUT2D eigenvalue weighted by Crippen LogP contribution is -2.12. The molecule has 2 aromatic rings. The van der Waals surface area contributed by atoms with Gasteiger partial charge in [0.05, 0.1) is 12.1 Å². The number of aromatic nitrogens is 1. The van der Waals surface area contributed by atoms with E-state index < -0.39 is 5.97 Å².